The van der Waals surface area contributed by atoms with Crippen LogP contribution >= 0.6 is 0 Å². The number of carbonyl (C=O) groups is 2. The Balaban J connectivity index is 1.57. The van der Waals surface area contributed by atoms with Crippen molar-refractivity contribution >= 4 is 23.5 Å². The van der Waals surface area contributed by atoms with Crippen LogP contribution in [0, 0.1) is 0 Å². The zero-order chi connectivity index (χ0) is 18.4. The second-order valence-corrected chi connectivity index (χ2v) is 5.78. The molecule has 0 atom stereocenters. The van der Waals surface area contributed by atoms with Crippen LogP contribution in [-0.4, -0.2) is 26.7 Å². The first kappa shape index (κ1) is 17.3. The van der Waals surface area contributed by atoms with Gasteiger partial charge in [0.2, 0.25) is 5.91 Å². The summed E-state index contributed by atoms with van der Waals surface area (Å²) in [5.41, 5.74) is 2.95. The van der Waals surface area contributed by atoms with Crippen molar-refractivity contribution in [2.24, 2.45) is 0 Å². The first-order chi connectivity index (χ1) is 12.6. The van der Waals surface area contributed by atoms with Crippen molar-refractivity contribution < 1.29 is 9.59 Å². The minimum Gasteiger partial charge on any atom is -0.323 e. The van der Waals surface area contributed by atoms with Crippen molar-refractivity contribution in [2.45, 2.75) is 13.5 Å². The Bertz CT molecular complexity index is 928. The second kappa shape index (κ2) is 8.02. The van der Waals surface area contributed by atoms with Crippen molar-refractivity contribution in [3.8, 4) is 0 Å². The molecule has 0 saturated carbocycles. The lowest BCUT2D eigenvalue weighted by atomic mass is 10.1. The van der Waals surface area contributed by atoms with Gasteiger partial charge in [0.05, 0.1) is 12.7 Å². The maximum Gasteiger partial charge on any atom is 0.248 e. The molecular weight excluding hydrogens is 328 g/mol. The predicted octanol–water partition coefficient (Wildman–Crippen LogP) is 3.18. The van der Waals surface area contributed by atoms with Gasteiger partial charge in [-0.1, -0.05) is 35.5 Å². The van der Waals surface area contributed by atoms with Gasteiger partial charge < -0.3 is 5.32 Å². The molecule has 0 fully saturated rings. The molecule has 1 N–H and O–H groups in total. The molecule has 2 aromatic carbocycles. The molecule has 130 valence electrons. The highest BCUT2D eigenvalue weighted by Crippen LogP contribution is 2.10. The fourth-order valence-corrected chi connectivity index (χ4v) is 2.37. The van der Waals surface area contributed by atoms with E-state index in [1.165, 1.54) is 13.0 Å². The number of nitrogens with zero attached hydrogens (tertiary/aromatic N) is 3. The summed E-state index contributed by atoms with van der Waals surface area (Å²) in [6, 6.07) is 16.7. The van der Waals surface area contributed by atoms with E-state index in [0.29, 0.717) is 23.5 Å². The lowest BCUT2D eigenvalue weighted by Gasteiger charge is -2.02. The Kier molecular flexibility index (Phi) is 5.34. The average Bonchev–Trinajstić information content (AvgIpc) is 3.09. The molecule has 1 heterocycles. The number of aromatic nitrogens is 3. The van der Waals surface area contributed by atoms with E-state index in [1.54, 1.807) is 41.2 Å². The van der Waals surface area contributed by atoms with Gasteiger partial charge >= 0.3 is 0 Å². The number of benzene rings is 2. The van der Waals surface area contributed by atoms with E-state index in [4.69, 9.17) is 0 Å². The Morgan fingerprint density at radius 3 is 2.50 bits per heavy atom. The van der Waals surface area contributed by atoms with Gasteiger partial charge in [-0.25, -0.2) is 4.68 Å². The molecule has 6 heteroatoms. The molecule has 3 rings (SSSR count). The smallest absolute Gasteiger partial charge is 0.248 e. The van der Waals surface area contributed by atoms with Gasteiger partial charge in [-0.3, -0.25) is 9.59 Å². The van der Waals surface area contributed by atoms with Crippen LogP contribution in [-0.2, 0) is 11.3 Å². The lowest BCUT2D eigenvalue weighted by Crippen LogP contribution is -2.07. The first-order valence-electron chi connectivity index (χ1n) is 8.14. The molecule has 0 aliphatic heterocycles. The molecular formula is C20H18N4O2. The normalized spacial score (nSPS) is 10.8. The topological polar surface area (TPSA) is 76.9 Å². The van der Waals surface area contributed by atoms with E-state index in [2.05, 4.69) is 15.6 Å². The quantitative estimate of drug-likeness (QED) is 0.549. The number of hydrogen-bond donors (Lipinski definition) is 1. The van der Waals surface area contributed by atoms with E-state index >= 15 is 0 Å². The number of rotatable bonds is 6. The number of ketones is 1. The summed E-state index contributed by atoms with van der Waals surface area (Å²) in [4.78, 5) is 23.2. The van der Waals surface area contributed by atoms with Crippen LogP contribution in [0.25, 0.3) is 6.08 Å². The van der Waals surface area contributed by atoms with Crippen LogP contribution in [0.1, 0.15) is 28.5 Å². The van der Waals surface area contributed by atoms with E-state index in [0.717, 1.165) is 5.56 Å². The molecule has 1 amide bonds. The summed E-state index contributed by atoms with van der Waals surface area (Å²) in [6.07, 6.45) is 4.78. The van der Waals surface area contributed by atoms with Gasteiger partial charge in [0.1, 0.15) is 5.69 Å². The molecule has 1 aromatic heterocycles. The van der Waals surface area contributed by atoms with E-state index in [1.807, 2.05) is 30.3 Å². The summed E-state index contributed by atoms with van der Waals surface area (Å²) in [5.74, 6) is -0.292. The Morgan fingerprint density at radius 2 is 1.81 bits per heavy atom. The zero-order valence-electron chi connectivity index (χ0n) is 14.3. The number of nitrogens with one attached hydrogen (secondary N) is 1. The summed E-state index contributed by atoms with van der Waals surface area (Å²) in [5, 5.41) is 10.8. The van der Waals surface area contributed by atoms with Crippen molar-refractivity contribution in [2.75, 3.05) is 5.32 Å². The van der Waals surface area contributed by atoms with Crippen LogP contribution in [0.2, 0.25) is 0 Å². The summed E-state index contributed by atoms with van der Waals surface area (Å²) >= 11 is 0. The zero-order valence-corrected chi connectivity index (χ0v) is 14.3. The number of amides is 1. The highest BCUT2D eigenvalue weighted by molar-refractivity contribution is 6.02. The maximum absolute atomic E-state index is 12.0. The van der Waals surface area contributed by atoms with Crippen LogP contribution in [0.4, 0.5) is 5.69 Å². The van der Waals surface area contributed by atoms with Gasteiger partial charge in [0.15, 0.2) is 5.78 Å². The van der Waals surface area contributed by atoms with Gasteiger partial charge in [0, 0.05) is 17.3 Å². The average molecular weight is 346 g/mol. The van der Waals surface area contributed by atoms with Gasteiger partial charge in [0.25, 0.3) is 0 Å². The highest BCUT2D eigenvalue weighted by Gasteiger charge is 2.02. The van der Waals surface area contributed by atoms with E-state index in [-0.39, 0.29) is 11.7 Å². The Hall–Kier alpha value is -3.54. The highest BCUT2D eigenvalue weighted by atomic mass is 16.1. The molecule has 0 unspecified atom stereocenters. The third kappa shape index (κ3) is 4.73. The first-order valence-corrected chi connectivity index (χ1v) is 8.14. The predicted molar refractivity (Wildman–Crippen MR) is 99.7 cm³/mol. The summed E-state index contributed by atoms with van der Waals surface area (Å²) in [7, 11) is 0. The third-order valence-corrected chi connectivity index (χ3v) is 3.71. The summed E-state index contributed by atoms with van der Waals surface area (Å²) < 4.78 is 1.72. The van der Waals surface area contributed by atoms with Crippen molar-refractivity contribution in [3.05, 3.63) is 83.7 Å². The number of anilines is 1. The van der Waals surface area contributed by atoms with Crippen molar-refractivity contribution in [1.29, 1.82) is 0 Å². The maximum atomic E-state index is 12.0. The van der Waals surface area contributed by atoms with Crippen LogP contribution in [0.15, 0.2) is 66.9 Å². The standard InChI is InChI=1S/C20H18N4O2/c1-15(25)17-7-9-18(10-8-17)21-20(26)12-11-19-14-24(23-22-19)13-16-5-3-2-4-6-16/h2-12,14H,13H2,1H3,(H,21,26)/b12-11+. The van der Waals surface area contributed by atoms with E-state index < -0.39 is 0 Å². The minimum atomic E-state index is -0.279. The Labute approximate surface area is 151 Å². The molecule has 26 heavy (non-hydrogen) atoms. The van der Waals surface area contributed by atoms with Crippen LogP contribution in [0.5, 0.6) is 0 Å². The molecule has 6 nitrogen and oxygen atoms in total. The van der Waals surface area contributed by atoms with Crippen LogP contribution in [0.3, 0.4) is 0 Å². The molecule has 0 saturated heterocycles. The molecule has 0 aliphatic rings. The fourth-order valence-electron chi connectivity index (χ4n) is 2.37. The number of hydrogen-bond acceptors (Lipinski definition) is 4. The molecule has 0 aliphatic carbocycles. The number of carbonyl (C=O) groups excluding carboxylic acids is 2. The monoisotopic (exact) mass is 346 g/mol. The SMILES string of the molecule is CC(=O)c1ccc(NC(=O)/C=C/c2cn(Cc3ccccc3)nn2)cc1. The van der Waals surface area contributed by atoms with Gasteiger partial charge in [-0.05, 0) is 42.8 Å². The largest absolute Gasteiger partial charge is 0.323 e. The fraction of sp³-hybridized carbons (Fsp3) is 0.100. The van der Waals surface area contributed by atoms with Crippen molar-refractivity contribution in [1.82, 2.24) is 15.0 Å². The second-order valence-electron chi connectivity index (χ2n) is 5.78. The molecule has 0 spiro atoms. The Morgan fingerprint density at radius 1 is 1.08 bits per heavy atom. The molecule has 0 radical (unpaired) electrons. The molecule has 0 bridgehead atoms. The minimum absolute atomic E-state index is 0.0126. The summed E-state index contributed by atoms with van der Waals surface area (Å²) in [6.45, 7) is 2.12. The van der Waals surface area contributed by atoms with Crippen LogP contribution < -0.4 is 5.32 Å². The van der Waals surface area contributed by atoms with Gasteiger partial charge in [-0.15, -0.1) is 5.10 Å². The van der Waals surface area contributed by atoms with Crippen molar-refractivity contribution in [3.63, 3.8) is 0 Å². The molecule has 3 aromatic rings. The lowest BCUT2D eigenvalue weighted by molar-refractivity contribution is -0.111. The third-order valence-electron chi connectivity index (χ3n) is 3.71. The van der Waals surface area contributed by atoms with Gasteiger partial charge in [-0.2, -0.15) is 0 Å². The van der Waals surface area contributed by atoms with E-state index in [9.17, 15) is 9.59 Å². The number of Topliss-reactive ketones (excluding diaryl/α,β-unsaturated/α-hetero) is 1.